The van der Waals surface area contributed by atoms with E-state index >= 15 is 0 Å². The monoisotopic (exact) mass is 464 g/mol. The highest BCUT2D eigenvalue weighted by Crippen LogP contribution is 2.38. The van der Waals surface area contributed by atoms with Crippen LogP contribution in [0.4, 0.5) is 0 Å². The SMILES string of the molecule is Cc1ccccc1[Si]P([Si]c1ccccc1C)[Si]C(c1ccccc1)c1ccccc1. The molecule has 0 amide bonds. The van der Waals surface area contributed by atoms with Crippen LogP contribution in [0, 0.1) is 13.8 Å². The van der Waals surface area contributed by atoms with E-state index in [1.54, 1.807) is 10.4 Å². The number of aryl methyl sites for hydroxylation is 2. The quantitative estimate of drug-likeness (QED) is 0.242. The molecule has 0 nitrogen and oxygen atoms in total. The Bertz CT molecular complexity index is 1010. The van der Waals surface area contributed by atoms with E-state index < -0.39 is 0 Å². The van der Waals surface area contributed by atoms with E-state index in [2.05, 4.69) is 123 Å². The van der Waals surface area contributed by atoms with Gasteiger partial charge in [-0.2, -0.15) is 0 Å². The number of hydrogen-bond donors (Lipinski definition) is 0. The van der Waals surface area contributed by atoms with Crippen molar-refractivity contribution in [2.24, 2.45) is 0 Å². The van der Waals surface area contributed by atoms with Crippen LogP contribution < -0.4 is 10.4 Å². The van der Waals surface area contributed by atoms with Gasteiger partial charge < -0.3 is 0 Å². The van der Waals surface area contributed by atoms with Crippen molar-refractivity contribution >= 4 is 44.5 Å². The maximum absolute atomic E-state index is 2.34. The van der Waals surface area contributed by atoms with Crippen LogP contribution in [-0.4, -0.2) is 27.6 Å². The molecule has 4 aromatic carbocycles. The fourth-order valence-electron chi connectivity index (χ4n) is 3.49. The minimum atomic E-state index is -0.149. The van der Waals surface area contributed by atoms with Gasteiger partial charge in [-0.25, -0.2) is 0 Å². The lowest BCUT2D eigenvalue weighted by molar-refractivity contribution is 1.13. The molecule has 150 valence electrons. The number of hydrogen-bond acceptors (Lipinski definition) is 0. The third-order valence-corrected chi connectivity index (χ3v) is 19.2. The lowest BCUT2D eigenvalue weighted by Crippen LogP contribution is -2.27. The van der Waals surface area contributed by atoms with Gasteiger partial charge in [-0.15, -0.1) is 6.57 Å². The zero-order valence-corrected chi connectivity index (χ0v) is 21.8. The number of benzene rings is 4. The maximum Gasteiger partial charge on any atom is 0.107 e. The third kappa shape index (κ3) is 6.02. The van der Waals surface area contributed by atoms with E-state index in [0.717, 1.165) is 27.6 Å². The van der Waals surface area contributed by atoms with Gasteiger partial charge in [0, 0.05) is 5.54 Å². The molecule has 31 heavy (non-hydrogen) atoms. The van der Waals surface area contributed by atoms with Crippen LogP contribution in [0.3, 0.4) is 0 Å². The Morgan fingerprint density at radius 2 is 0.903 bits per heavy atom. The molecule has 0 aliphatic heterocycles. The highest BCUT2D eigenvalue weighted by Gasteiger charge is 2.23. The zero-order chi connectivity index (χ0) is 21.5. The molecular weight excluding hydrogens is 440 g/mol. The molecule has 0 saturated carbocycles. The van der Waals surface area contributed by atoms with Crippen molar-refractivity contribution in [3.8, 4) is 0 Å². The Labute approximate surface area is 194 Å². The second-order valence-corrected chi connectivity index (χ2v) is 20.8. The molecule has 0 spiro atoms. The molecule has 0 aliphatic carbocycles. The fourth-order valence-corrected chi connectivity index (χ4v) is 19.5. The minimum Gasteiger partial charge on any atom is -0.140 e. The van der Waals surface area contributed by atoms with E-state index in [4.69, 9.17) is 0 Å². The predicted octanol–water partition coefficient (Wildman–Crippen LogP) is 5.38. The largest absolute Gasteiger partial charge is 0.140 e. The van der Waals surface area contributed by atoms with Crippen molar-refractivity contribution in [3.63, 3.8) is 0 Å². The van der Waals surface area contributed by atoms with Gasteiger partial charge in [-0.1, -0.05) is 131 Å². The van der Waals surface area contributed by atoms with Crippen molar-refractivity contribution in [1.29, 1.82) is 0 Å². The summed E-state index contributed by atoms with van der Waals surface area (Å²) < 4.78 is 0. The predicted molar refractivity (Wildman–Crippen MR) is 141 cm³/mol. The smallest absolute Gasteiger partial charge is 0.107 e. The van der Waals surface area contributed by atoms with Gasteiger partial charge in [0.2, 0.25) is 0 Å². The van der Waals surface area contributed by atoms with Crippen LogP contribution in [0.5, 0.6) is 0 Å². The van der Waals surface area contributed by atoms with Crippen molar-refractivity contribution < 1.29 is 0 Å². The summed E-state index contributed by atoms with van der Waals surface area (Å²) >= 11 is 0. The highest BCUT2D eigenvalue weighted by molar-refractivity contribution is 8.25. The second-order valence-electron chi connectivity index (χ2n) is 7.57. The molecule has 4 rings (SSSR count). The highest BCUT2D eigenvalue weighted by atomic mass is 31.8. The molecule has 0 unspecified atom stereocenters. The van der Waals surface area contributed by atoms with Crippen molar-refractivity contribution in [1.82, 2.24) is 0 Å². The molecule has 6 radical (unpaired) electrons. The summed E-state index contributed by atoms with van der Waals surface area (Å²) in [4.78, 5) is 0. The minimum absolute atomic E-state index is 0.149. The normalized spacial score (nSPS) is 11.2. The average molecular weight is 465 g/mol. The zero-order valence-electron chi connectivity index (χ0n) is 17.9. The Hall–Kier alpha value is -2.04. The Morgan fingerprint density at radius 3 is 1.32 bits per heavy atom. The van der Waals surface area contributed by atoms with E-state index in [1.807, 2.05) is 0 Å². The van der Waals surface area contributed by atoms with Gasteiger partial charge in [0.25, 0.3) is 0 Å². The van der Waals surface area contributed by atoms with Crippen LogP contribution in [0.2, 0.25) is 0 Å². The van der Waals surface area contributed by atoms with Crippen LogP contribution in [0.15, 0.2) is 109 Å². The van der Waals surface area contributed by atoms with E-state index in [1.165, 1.54) is 22.3 Å². The Morgan fingerprint density at radius 1 is 0.516 bits per heavy atom. The van der Waals surface area contributed by atoms with Gasteiger partial charge in [-0.05, 0) is 25.0 Å². The lowest BCUT2D eigenvalue weighted by atomic mass is 10.0. The molecule has 0 aromatic heterocycles. The van der Waals surface area contributed by atoms with Crippen LogP contribution in [0.25, 0.3) is 0 Å². The Kier molecular flexibility index (Phi) is 7.87. The lowest BCUT2D eigenvalue weighted by Gasteiger charge is -2.25. The molecule has 4 aromatic rings. The first-order chi connectivity index (χ1) is 15.2. The standard InChI is InChI=1S/C27H25PSi3/c1-21-13-9-11-19-25(21)29-28(30-26-20-12-10-14-22(26)2)31-27(23-15-5-3-6-16-23)24-17-7-4-8-18-24/h3-20,27H,1-2H3. The van der Waals surface area contributed by atoms with Gasteiger partial charge in [-0.3, -0.25) is 0 Å². The summed E-state index contributed by atoms with van der Waals surface area (Å²) in [6.45, 7) is 4.38. The molecule has 0 bridgehead atoms. The molecule has 0 heterocycles. The molecule has 0 fully saturated rings. The van der Waals surface area contributed by atoms with Crippen LogP contribution >= 0.6 is 6.57 Å². The first-order valence-corrected chi connectivity index (χ1v) is 17.5. The molecule has 0 atom stereocenters. The Balaban J connectivity index is 1.68. The van der Waals surface area contributed by atoms with E-state index in [0.29, 0.717) is 5.54 Å². The van der Waals surface area contributed by atoms with Gasteiger partial charge in [0.15, 0.2) is 0 Å². The van der Waals surface area contributed by atoms with E-state index in [-0.39, 0.29) is 6.57 Å². The molecular formula is C27H25PSi3. The summed E-state index contributed by atoms with van der Waals surface area (Å²) in [6.07, 6.45) is 0. The van der Waals surface area contributed by atoms with E-state index in [9.17, 15) is 0 Å². The summed E-state index contributed by atoms with van der Waals surface area (Å²) in [6, 6.07) is 40.2. The fraction of sp³-hybridized carbons (Fsp3) is 0.111. The summed E-state index contributed by atoms with van der Waals surface area (Å²) in [7, 11) is 2.68. The first-order valence-electron chi connectivity index (χ1n) is 10.5. The average Bonchev–Trinajstić information content (AvgIpc) is 2.81. The van der Waals surface area contributed by atoms with Crippen molar-refractivity contribution in [2.75, 3.05) is 0 Å². The van der Waals surface area contributed by atoms with Gasteiger partial charge >= 0.3 is 0 Å². The molecule has 0 aliphatic rings. The molecule has 0 N–H and O–H groups in total. The van der Waals surface area contributed by atoms with Gasteiger partial charge in [0.1, 0.15) is 18.4 Å². The molecule has 4 heteroatoms. The van der Waals surface area contributed by atoms with Crippen LogP contribution in [-0.2, 0) is 0 Å². The van der Waals surface area contributed by atoms with Crippen molar-refractivity contribution in [2.45, 2.75) is 19.4 Å². The third-order valence-electron chi connectivity index (χ3n) is 5.28. The topological polar surface area (TPSA) is 0 Å². The second kappa shape index (κ2) is 11.0. The van der Waals surface area contributed by atoms with Crippen molar-refractivity contribution in [3.05, 3.63) is 131 Å². The summed E-state index contributed by atoms with van der Waals surface area (Å²) in [5.41, 5.74) is 6.24. The maximum atomic E-state index is 2.34. The summed E-state index contributed by atoms with van der Waals surface area (Å²) in [5, 5.41) is 3.09. The number of rotatable bonds is 8. The summed E-state index contributed by atoms with van der Waals surface area (Å²) in [5.74, 6) is 0. The first kappa shape index (κ1) is 22.2. The van der Waals surface area contributed by atoms with Gasteiger partial charge in [0.05, 0.1) is 9.19 Å². The van der Waals surface area contributed by atoms with Crippen LogP contribution in [0.1, 0.15) is 27.8 Å². The molecule has 0 saturated heterocycles.